The van der Waals surface area contributed by atoms with Gasteiger partial charge < -0.3 is 5.32 Å². The minimum absolute atomic E-state index is 0.0439. The van der Waals surface area contributed by atoms with Gasteiger partial charge in [-0.15, -0.1) is 0 Å². The van der Waals surface area contributed by atoms with E-state index in [4.69, 9.17) is 23.2 Å². The summed E-state index contributed by atoms with van der Waals surface area (Å²) in [6, 6.07) is 0. The fraction of sp³-hybridized carbons (Fsp3) is 0.667. The van der Waals surface area contributed by atoms with E-state index in [2.05, 4.69) is 15.3 Å². The molecular weight excluding hydrogens is 309 g/mol. The van der Waals surface area contributed by atoms with E-state index in [0.29, 0.717) is 17.5 Å². The molecule has 0 aliphatic heterocycles. The molecule has 6 heteroatoms. The van der Waals surface area contributed by atoms with Crippen LogP contribution in [0.4, 0.5) is 5.69 Å². The third-order valence-electron chi connectivity index (χ3n) is 5.53. The van der Waals surface area contributed by atoms with Crippen LogP contribution in [-0.4, -0.2) is 15.9 Å². The van der Waals surface area contributed by atoms with E-state index in [9.17, 15) is 4.79 Å². The van der Waals surface area contributed by atoms with Gasteiger partial charge in [-0.1, -0.05) is 23.2 Å². The van der Waals surface area contributed by atoms with Crippen LogP contribution in [0.25, 0.3) is 0 Å². The topological polar surface area (TPSA) is 54.9 Å². The number of halogens is 2. The van der Waals surface area contributed by atoms with E-state index in [1.54, 1.807) is 0 Å². The van der Waals surface area contributed by atoms with Gasteiger partial charge in [0.05, 0.1) is 0 Å². The molecule has 0 spiro atoms. The second-order valence-corrected chi connectivity index (χ2v) is 7.49. The highest BCUT2D eigenvalue weighted by Crippen LogP contribution is 2.56. The van der Waals surface area contributed by atoms with Crippen molar-refractivity contribution in [2.45, 2.75) is 32.1 Å². The number of carbonyl (C=O) groups is 1. The van der Waals surface area contributed by atoms with Gasteiger partial charge in [0.25, 0.3) is 0 Å². The Bertz CT molecular complexity index is 544. The molecule has 4 aliphatic rings. The first-order valence-electron chi connectivity index (χ1n) is 7.58. The number of carbonyl (C=O) groups excluding carboxylic acids is 1. The molecule has 1 amide bonds. The molecule has 0 radical (unpaired) electrons. The monoisotopic (exact) mass is 325 g/mol. The van der Waals surface area contributed by atoms with Crippen molar-refractivity contribution >= 4 is 34.8 Å². The summed E-state index contributed by atoms with van der Waals surface area (Å²) in [5, 5.41) is 3.28. The van der Waals surface area contributed by atoms with Gasteiger partial charge in [0.1, 0.15) is 12.0 Å². The number of hydrogen-bond acceptors (Lipinski definition) is 3. The van der Waals surface area contributed by atoms with Gasteiger partial charge in [0.2, 0.25) is 5.91 Å². The molecule has 0 unspecified atom stereocenters. The lowest BCUT2D eigenvalue weighted by Gasteiger charge is -2.53. The van der Waals surface area contributed by atoms with Crippen LogP contribution in [0, 0.1) is 29.6 Å². The van der Waals surface area contributed by atoms with E-state index >= 15 is 0 Å². The summed E-state index contributed by atoms with van der Waals surface area (Å²) in [5.41, 5.74) is 0.347. The largest absolute Gasteiger partial charge is 0.321 e. The number of amides is 1. The van der Waals surface area contributed by atoms with Gasteiger partial charge in [-0.2, -0.15) is 0 Å². The van der Waals surface area contributed by atoms with Crippen LogP contribution in [0.5, 0.6) is 0 Å². The zero-order chi connectivity index (χ0) is 14.6. The number of anilines is 1. The molecule has 1 aromatic heterocycles. The van der Waals surface area contributed by atoms with Crippen LogP contribution in [-0.2, 0) is 4.79 Å². The number of aromatic nitrogens is 2. The van der Waals surface area contributed by atoms with Gasteiger partial charge in [-0.05, 0) is 55.8 Å². The molecule has 0 atom stereocenters. The Morgan fingerprint density at radius 3 is 2.05 bits per heavy atom. The van der Waals surface area contributed by atoms with Crippen molar-refractivity contribution in [3.8, 4) is 0 Å². The van der Waals surface area contributed by atoms with Gasteiger partial charge in [-0.25, -0.2) is 9.97 Å². The molecule has 4 saturated carbocycles. The SMILES string of the molecule is O=C(Nc1c(Cl)ncnc1Cl)C1C2CC3CC(C2)CC1C3. The number of nitrogens with zero attached hydrogens (tertiary/aromatic N) is 2. The third-order valence-corrected chi connectivity index (χ3v) is 6.11. The van der Waals surface area contributed by atoms with Gasteiger partial charge in [0.15, 0.2) is 10.3 Å². The smallest absolute Gasteiger partial charge is 0.228 e. The molecule has 1 aromatic rings. The predicted octanol–water partition coefficient (Wildman–Crippen LogP) is 3.79. The van der Waals surface area contributed by atoms with Crippen molar-refractivity contribution in [2.24, 2.45) is 29.6 Å². The molecule has 4 aliphatic carbocycles. The summed E-state index contributed by atoms with van der Waals surface area (Å²) in [6.45, 7) is 0. The molecule has 1 N–H and O–H groups in total. The Morgan fingerprint density at radius 1 is 1.00 bits per heavy atom. The van der Waals surface area contributed by atoms with Gasteiger partial charge in [-0.3, -0.25) is 4.79 Å². The van der Waals surface area contributed by atoms with Gasteiger partial charge >= 0.3 is 0 Å². The minimum atomic E-state index is 0.0439. The molecular formula is C15H17Cl2N3O. The van der Waals surface area contributed by atoms with E-state index < -0.39 is 0 Å². The molecule has 112 valence electrons. The Kier molecular flexibility index (Phi) is 3.34. The highest BCUT2D eigenvalue weighted by molar-refractivity contribution is 6.38. The molecule has 4 nitrogen and oxygen atoms in total. The number of hydrogen-bond donors (Lipinski definition) is 1. The van der Waals surface area contributed by atoms with Gasteiger partial charge in [0, 0.05) is 5.92 Å². The Hall–Kier alpha value is -0.870. The van der Waals surface area contributed by atoms with Crippen LogP contribution in [0.2, 0.25) is 10.3 Å². The normalized spacial score (nSPS) is 36.8. The predicted molar refractivity (Wildman–Crippen MR) is 81.2 cm³/mol. The maximum atomic E-state index is 12.7. The first kappa shape index (κ1) is 13.8. The molecule has 21 heavy (non-hydrogen) atoms. The summed E-state index contributed by atoms with van der Waals surface area (Å²) >= 11 is 12.0. The summed E-state index contributed by atoms with van der Waals surface area (Å²) < 4.78 is 0. The average Bonchev–Trinajstić information content (AvgIpc) is 2.42. The second kappa shape index (κ2) is 5.10. The van der Waals surface area contributed by atoms with E-state index in [1.165, 1.54) is 38.4 Å². The summed E-state index contributed by atoms with van der Waals surface area (Å²) in [4.78, 5) is 20.5. The fourth-order valence-electron chi connectivity index (χ4n) is 5.01. The van der Waals surface area contributed by atoms with Crippen molar-refractivity contribution in [1.29, 1.82) is 0 Å². The maximum absolute atomic E-state index is 12.7. The van der Waals surface area contributed by atoms with Crippen LogP contribution >= 0.6 is 23.2 Å². The maximum Gasteiger partial charge on any atom is 0.228 e. The molecule has 4 fully saturated rings. The second-order valence-electron chi connectivity index (χ2n) is 6.78. The lowest BCUT2D eigenvalue weighted by Crippen LogP contribution is -2.49. The summed E-state index contributed by atoms with van der Waals surface area (Å²) in [5.74, 6) is 2.91. The van der Waals surface area contributed by atoms with Crippen molar-refractivity contribution < 1.29 is 4.79 Å². The minimum Gasteiger partial charge on any atom is -0.321 e. The first-order valence-corrected chi connectivity index (χ1v) is 8.34. The van der Waals surface area contributed by atoms with E-state index in [-0.39, 0.29) is 22.1 Å². The standard InChI is InChI=1S/C15H17Cl2N3O/c16-13-12(14(17)19-6-18-13)20-15(21)11-9-2-7-1-8(4-9)5-10(11)3-7/h6-11H,1-5H2,(H,20,21). The zero-order valence-electron chi connectivity index (χ0n) is 11.6. The average molecular weight is 326 g/mol. The van der Waals surface area contributed by atoms with E-state index in [0.717, 1.165) is 11.8 Å². The zero-order valence-corrected chi connectivity index (χ0v) is 13.1. The number of rotatable bonds is 2. The third kappa shape index (κ3) is 2.33. The van der Waals surface area contributed by atoms with Crippen LogP contribution < -0.4 is 5.32 Å². The van der Waals surface area contributed by atoms with Crippen molar-refractivity contribution in [1.82, 2.24) is 9.97 Å². The van der Waals surface area contributed by atoms with Crippen molar-refractivity contribution in [3.63, 3.8) is 0 Å². The van der Waals surface area contributed by atoms with Crippen molar-refractivity contribution in [2.75, 3.05) is 5.32 Å². The molecule has 4 bridgehead atoms. The molecule has 5 rings (SSSR count). The van der Waals surface area contributed by atoms with Crippen LogP contribution in [0.1, 0.15) is 32.1 Å². The highest BCUT2D eigenvalue weighted by atomic mass is 35.5. The Labute approximate surface area is 133 Å². The molecule has 1 heterocycles. The Morgan fingerprint density at radius 2 is 1.52 bits per heavy atom. The fourth-order valence-corrected chi connectivity index (χ4v) is 5.42. The van der Waals surface area contributed by atoms with E-state index in [1.807, 2.05) is 0 Å². The molecule has 0 saturated heterocycles. The lowest BCUT2D eigenvalue weighted by molar-refractivity contribution is -0.132. The van der Waals surface area contributed by atoms with Crippen molar-refractivity contribution in [3.05, 3.63) is 16.6 Å². The van der Waals surface area contributed by atoms with Crippen LogP contribution in [0.15, 0.2) is 6.33 Å². The number of nitrogens with one attached hydrogen (secondary N) is 1. The highest BCUT2D eigenvalue weighted by Gasteiger charge is 2.50. The first-order chi connectivity index (χ1) is 10.1. The quantitative estimate of drug-likeness (QED) is 0.841. The Balaban J connectivity index is 1.55. The summed E-state index contributed by atoms with van der Waals surface area (Å²) in [6.07, 6.45) is 7.50. The lowest BCUT2D eigenvalue weighted by atomic mass is 9.51. The summed E-state index contributed by atoms with van der Waals surface area (Å²) in [7, 11) is 0. The van der Waals surface area contributed by atoms with Crippen LogP contribution in [0.3, 0.4) is 0 Å². The molecule has 0 aromatic carbocycles.